The quantitative estimate of drug-likeness (QED) is 0.856. The van der Waals surface area contributed by atoms with E-state index in [1.165, 1.54) is 0 Å². The molecule has 0 spiro atoms. The summed E-state index contributed by atoms with van der Waals surface area (Å²) in [6, 6.07) is 4.47. The summed E-state index contributed by atoms with van der Waals surface area (Å²) in [4.78, 5) is 0. The Morgan fingerprint density at radius 3 is 2.80 bits per heavy atom. The first-order chi connectivity index (χ1) is 7.24. The van der Waals surface area contributed by atoms with Crippen molar-refractivity contribution in [3.05, 3.63) is 21.7 Å². The first kappa shape index (κ1) is 11.6. The fourth-order valence-corrected chi connectivity index (χ4v) is 3.45. The van der Waals surface area contributed by atoms with E-state index in [0.717, 1.165) is 40.4 Å². The molecule has 0 saturated carbocycles. The number of hydrogen-bond donors (Lipinski definition) is 1. The highest BCUT2D eigenvalue weighted by Crippen LogP contribution is 2.12. The highest BCUT2D eigenvalue weighted by Gasteiger charge is 2.17. The van der Waals surface area contributed by atoms with Crippen molar-refractivity contribution in [3.8, 4) is 0 Å². The molecule has 84 valence electrons. The Labute approximate surface area is 106 Å². The Morgan fingerprint density at radius 1 is 1.47 bits per heavy atom. The Morgan fingerprint density at radius 2 is 2.20 bits per heavy atom. The standard InChI is InChI=1S/C10H14INO2S/c11-10-2-1-9(14-10)7-12-8-3-5-15(13)6-4-8/h1-2,8,12H,3-7H2. The fourth-order valence-electron chi connectivity index (χ4n) is 1.69. The molecule has 1 aromatic rings. The van der Waals surface area contributed by atoms with Gasteiger partial charge in [-0.1, -0.05) is 0 Å². The molecule has 0 atom stereocenters. The van der Waals surface area contributed by atoms with E-state index in [9.17, 15) is 4.21 Å². The molecule has 0 bridgehead atoms. The number of halogens is 1. The zero-order valence-electron chi connectivity index (χ0n) is 8.37. The van der Waals surface area contributed by atoms with Crippen LogP contribution in [0.3, 0.4) is 0 Å². The van der Waals surface area contributed by atoms with Crippen LogP contribution in [-0.4, -0.2) is 21.8 Å². The molecule has 1 aromatic heterocycles. The van der Waals surface area contributed by atoms with Crippen molar-refractivity contribution in [2.45, 2.75) is 25.4 Å². The SMILES string of the molecule is O=S1CCC(NCc2ccc(I)o2)CC1. The minimum atomic E-state index is -0.569. The van der Waals surface area contributed by atoms with Crippen LogP contribution in [0.15, 0.2) is 16.5 Å². The van der Waals surface area contributed by atoms with Crippen molar-refractivity contribution in [1.82, 2.24) is 5.32 Å². The lowest BCUT2D eigenvalue weighted by Crippen LogP contribution is -2.35. The van der Waals surface area contributed by atoms with Crippen molar-refractivity contribution in [2.75, 3.05) is 11.5 Å². The van der Waals surface area contributed by atoms with Gasteiger partial charge in [-0.3, -0.25) is 4.21 Å². The molecule has 3 nitrogen and oxygen atoms in total. The summed E-state index contributed by atoms with van der Waals surface area (Å²) in [7, 11) is -0.569. The summed E-state index contributed by atoms with van der Waals surface area (Å²) in [5.74, 6) is 2.66. The van der Waals surface area contributed by atoms with E-state index in [2.05, 4.69) is 27.9 Å². The zero-order valence-corrected chi connectivity index (χ0v) is 11.3. The van der Waals surface area contributed by atoms with Gasteiger partial charge < -0.3 is 9.73 Å². The van der Waals surface area contributed by atoms with Crippen LogP contribution in [0.1, 0.15) is 18.6 Å². The molecule has 0 unspecified atom stereocenters. The summed E-state index contributed by atoms with van der Waals surface area (Å²) in [6.45, 7) is 0.778. The largest absolute Gasteiger partial charge is 0.454 e. The topological polar surface area (TPSA) is 42.2 Å². The van der Waals surface area contributed by atoms with Gasteiger partial charge in [-0.2, -0.15) is 0 Å². The van der Waals surface area contributed by atoms with Crippen molar-refractivity contribution >= 4 is 33.4 Å². The molecule has 1 N–H and O–H groups in total. The van der Waals surface area contributed by atoms with Crippen LogP contribution in [0, 0.1) is 3.77 Å². The maximum atomic E-state index is 11.2. The summed E-state index contributed by atoms with van der Waals surface area (Å²) < 4.78 is 17.5. The van der Waals surface area contributed by atoms with Crippen molar-refractivity contribution in [3.63, 3.8) is 0 Å². The van der Waals surface area contributed by atoms with Crippen LogP contribution >= 0.6 is 22.6 Å². The van der Waals surface area contributed by atoms with Gasteiger partial charge in [-0.05, 0) is 47.6 Å². The first-order valence-corrected chi connectivity index (χ1v) is 7.63. The van der Waals surface area contributed by atoms with Crippen molar-refractivity contribution in [1.29, 1.82) is 0 Å². The zero-order chi connectivity index (χ0) is 10.7. The third kappa shape index (κ3) is 3.57. The van der Waals surface area contributed by atoms with E-state index in [4.69, 9.17) is 4.42 Å². The van der Waals surface area contributed by atoms with Gasteiger partial charge >= 0.3 is 0 Å². The monoisotopic (exact) mass is 339 g/mol. The van der Waals surface area contributed by atoms with Gasteiger partial charge in [0.15, 0.2) is 3.77 Å². The lowest BCUT2D eigenvalue weighted by molar-refractivity contribution is 0.417. The molecular formula is C10H14INO2S. The van der Waals surface area contributed by atoms with E-state index in [0.29, 0.717) is 6.04 Å². The average Bonchev–Trinajstić information content (AvgIpc) is 2.64. The minimum absolute atomic E-state index is 0.505. The van der Waals surface area contributed by atoms with Crippen LogP contribution in [0.25, 0.3) is 0 Å². The highest BCUT2D eigenvalue weighted by atomic mass is 127. The first-order valence-electron chi connectivity index (χ1n) is 5.06. The Hall–Kier alpha value is 0.120. The third-order valence-corrected chi connectivity index (χ3v) is 4.54. The van der Waals surface area contributed by atoms with Gasteiger partial charge in [0.1, 0.15) is 5.76 Å². The second-order valence-corrected chi connectivity index (χ2v) is 6.47. The number of furan rings is 1. The fraction of sp³-hybridized carbons (Fsp3) is 0.600. The molecule has 1 saturated heterocycles. The van der Waals surface area contributed by atoms with Gasteiger partial charge in [0.25, 0.3) is 0 Å². The smallest absolute Gasteiger partial charge is 0.164 e. The van der Waals surface area contributed by atoms with E-state index < -0.39 is 10.8 Å². The molecule has 0 aliphatic carbocycles. The van der Waals surface area contributed by atoms with Crippen LogP contribution in [-0.2, 0) is 17.3 Å². The van der Waals surface area contributed by atoms with E-state index in [-0.39, 0.29) is 0 Å². The van der Waals surface area contributed by atoms with Gasteiger partial charge in [0, 0.05) is 28.3 Å². The Balaban J connectivity index is 1.76. The van der Waals surface area contributed by atoms with E-state index in [1.54, 1.807) is 0 Å². The second kappa shape index (κ2) is 5.45. The van der Waals surface area contributed by atoms with Gasteiger partial charge in [0.2, 0.25) is 0 Å². The molecular weight excluding hydrogens is 325 g/mol. The van der Waals surface area contributed by atoms with E-state index >= 15 is 0 Å². The summed E-state index contributed by atoms with van der Waals surface area (Å²) in [5.41, 5.74) is 0. The molecule has 0 aromatic carbocycles. The molecule has 1 aliphatic rings. The summed E-state index contributed by atoms with van der Waals surface area (Å²) in [5, 5.41) is 3.44. The third-order valence-electron chi connectivity index (χ3n) is 2.58. The van der Waals surface area contributed by atoms with Crippen LogP contribution in [0.2, 0.25) is 0 Å². The van der Waals surface area contributed by atoms with E-state index in [1.807, 2.05) is 12.1 Å². The molecule has 2 rings (SSSR count). The predicted molar refractivity (Wildman–Crippen MR) is 69.2 cm³/mol. The van der Waals surface area contributed by atoms with Gasteiger partial charge in [0.05, 0.1) is 6.54 Å². The van der Waals surface area contributed by atoms with Crippen molar-refractivity contribution in [2.24, 2.45) is 0 Å². The maximum absolute atomic E-state index is 11.2. The van der Waals surface area contributed by atoms with Crippen LogP contribution in [0.4, 0.5) is 0 Å². The average molecular weight is 339 g/mol. The highest BCUT2D eigenvalue weighted by molar-refractivity contribution is 14.1. The minimum Gasteiger partial charge on any atom is -0.454 e. The van der Waals surface area contributed by atoms with Crippen LogP contribution in [0.5, 0.6) is 0 Å². The number of hydrogen-bond acceptors (Lipinski definition) is 3. The second-order valence-electron chi connectivity index (χ2n) is 3.71. The van der Waals surface area contributed by atoms with Crippen molar-refractivity contribution < 1.29 is 8.63 Å². The Bertz CT molecular complexity index is 343. The normalized spacial score (nSPS) is 26.7. The molecule has 0 radical (unpaired) electrons. The Kier molecular flexibility index (Phi) is 4.21. The molecule has 15 heavy (non-hydrogen) atoms. The number of rotatable bonds is 3. The maximum Gasteiger partial charge on any atom is 0.164 e. The van der Waals surface area contributed by atoms with Crippen LogP contribution < -0.4 is 5.32 Å². The molecule has 2 heterocycles. The molecule has 1 aliphatic heterocycles. The summed E-state index contributed by atoms with van der Waals surface area (Å²) in [6.07, 6.45) is 2.04. The predicted octanol–water partition coefficient (Wildman–Crippen LogP) is 1.88. The molecule has 0 amide bonds. The number of nitrogens with one attached hydrogen (secondary N) is 1. The van der Waals surface area contributed by atoms with Gasteiger partial charge in [-0.25, -0.2) is 0 Å². The summed E-state index contributed by atoms with van der Waals surface area (Å²) >= 11 is 2.16. The lowest BCUT2D eigenvalue weighted by Gasteiger charge is -2.21. The molecule has 1 fully saturated rings. The lowest BCUT2D eigenvalue weighted by atomic mass is 10.1. The van der Waals surface area contributed by atoms with Gasteiger partial charge in [-0.15, -0.1) is 0 Å². The molecule has 5 heteroatoms.